The summed E-state index contributed by atoms with van der Waals surface area (Å²) in [5.74, 6) is 0.0631. The normalized spacial score (nSPS) is 18.4. The minimum Gasteiger partial charge on any atom is -0.342 e. The van der Waals surface area contributed by atoms with Crippen molar-refractivity contribution in [2.75, 3.05) is 18.4 Å². The average molecular weight is 353 g/mol. The third kappa shape index (κ3) is 4.56. The first kappa shape index (κ1) is 16.0. The molecule has 1 saturated heterocycles. The van der Waals surface area contributed by atoms with Crippen LogP contribution in [0.1, 0.15) is 32.6 Å². The Morgan fingerprint density at radius 1 is 1.33 bits per heavy atom. The predicted octanol–water partition coefficient (Wildman–Crippen LogP) is 3.43. The average Bonchev–Trinajstić information content (AvgIpc) is 2.50. The standard InChI is InChI=1S/C16H21BrN2O2/c1-2-4-15(20)19-10-3-5-12(11-19)16(21)18-14-8-6-13(17)7-9-14/h6-9,12H,2-5,10-11H2,1H3,(H,18,21)/t12-/m0/s1. The van der Waals surface area contributed by atoms with Gasteiger partial charge in [0.25, 0.3) is 0 Å². The molecule has 1 heterocycles. The van der Waals surface area contributed by atoms with E-state index in [0.717, 1.165) is 36.0 Å². The molecule has 4 nitrogen and oxygen atoms in total. The fourth-order valence-electron chi connectivity index (χ4n) is 2.57. The van der Waals surface area contributed by atoms with Gasteiger partial charge in [-0.05, 0) is 43.5 Å². The molecule has 1 aromatic carbocycles. The maximum absolute atomic E-state index is 12.3. The van der Waals surface area contributed by atoms with Crippen LogP contribution in [-0.4, -0.2) is 29.8 Å². The molecule has 5 heteroatoms. The third-order valence-corrected chi connectivity index (χ3v) is 4.25. The summed E-state index contributed by atoms with van der Waals surface area (Å²) in [6.45, 7) is 3.32. The van der Waals surface area contributed by atoms with Crippen molar-refractivity contribution in [3.05, 3.63) is 28.7 Å². The SMILES string of the molecule is CCCC(=O)N1CCC[C@H](C(=O)Nc2ccc(Br)cc2)C1. The van der Waals surface area contributed by atoms with Gasteiger partial charge in [0.1, 0.15) is 0 Å². The van der Waals surface area contributed by atoms with Crippen molar-refractivity contribution in [1.82, 2.24) is 4.90 Å². The lowest BCUT2D eigenvalue weighted by molar-refractivity contribution is -0.134. The Morgan fingerprint density at radius 3 is 2.71 bits per heavy atom. The Kier molecular flexibility index (Phi) is 5.79. The topological polar surface area (TPSA) is 49.4 Å². The van der Waals surface area contributed by atoms with Crippen LogP contribution in [0.4, 0.5) is 5.69 Å². The highest BCUT2D eigenvalue weighted by Crippen LogP contribution is 2.20. The van der Waals surface area contributed by atoms with Crippen LogP contribution >= 0.6 is 15.9 Å². The Balaban J connectivity index is 1.92. The summed E-state index contributed by atoms with van der Waals surface area (Å²) in [6.07, 6.45) is 3.16. The van der Waals surface area contributed by atoms with Crippen molar-refractivity contribution in [2.24, 2.45) is 5.92 Å². The van der Waals surface area contributed by atoms with Crippen molar-refractivity contribution in [3.63, 3.8) is 0 Å². The highest BCUT2D eigenvalue weighted by Gasteiger charge is 2.27. The minimum absolute atomic E-state index is 0.00585. The van der Waals surface area contributed by atoms with Gasteiger partial charge in [0.05, 0.1) is 5.92 Å². The molecule has 0 aromatic heterocycles. The first-order valence-electron chi connectivity index (χ1n) is 7.44. The van der Waals surface area contributed by atoms with Gasteiger partial charge in [0.15, 0.2) is 0 Å². The van der Waals surface area contributed by atoms with Gasteiger partial charge >= 0.3 is 0 Å². The number of rotatable bonds is 4. The lowest BCUT2D eigenvalue weighted by Gasteiger charge is -2.32. The lowest BCUT2D eigenvalue weighted by Crippen LogP contribution is -2.43. The van der Waals surface area contributed by atoms with Gasteiger partial charge in [-0.15, -0.1) is 0 Å². The molecular formula is C16H21BrN2O2. The zero-order chi connectivity index (χ0) is 15.2. The van der Waals surface area contributed by atoms with E-state index in [1.165, 1.54) is 0 Å². The van der Waals surface area contributed by atoms with Crippen molar-refractivity contribution < 1.29 is 9.59 Å². The molecular weight excluding hydrogens is 332 g/mol. The molecule has 1 aliphatic heterocycles. The van der Waals surface area contributed by atoms with E-state index in [0.29, 0.717) is 13.0 Å². The number of amides is 2. The summed E-state index contributed by atoms with van der Waals surface area (Å²) in [5.41, 5.74) is 0.792. The molecule has 0 radical (unpaired) electrons. The largest absolute Gasteiger partial charge is 0.342 e. The van der Waals surface area contributed by atoms with E-state index in [9.17, 15) is 9.59 Å². The van der Waals surface area contributed by atoms with Gasteiger partial charge < -0.3 is 10.2 Å². The molecule has 114 valence electrons. The van der Waals surface area contributed by atoms with Gasteiger partial charge in [0.2, 0.25) is 11.8 Å². The van der Waals surface area contributed by atoms with Crippen molar-refractivity contribution in [1.29, 1.82) is 0 Å². The van der Waals surface area contributed by atoms with Crippen LogP contribution in [0.15, 0.2) is 28.7 Å². The predicted molar refractivity (Wildman–Crippen MR) is 87.0 cm³/mol. The fraction of sp³-hybridized carbons (Fsp3) is 0.500. The van der Waals surface area contributed by atoms with E-state index in [1.54, 1.807) is 0 Å². The summed E-state index contributed by atoms with van der Waals surface area (Å²) in [4.78, 5) is 26.1. The molecule has 1 atom stereocenters. The zero-order valence-corrected chi connectivity index (χ0v) is 13.9. The summed E-state index contributed by atoms with van der Waals surface area (Å²) < 4.78 is 0.981. The number of carbonyl (C=O) groups is 2. The molecule has 0 spiro atoms. The maximum Gasteiger partial charge on any atom is 0.229 e. The Hall–Kier alpha value is -1.36. The number of piperidine rings is 1. The highest BCUT2D eigenvalue weighted by atomic mass is 79.9. The van der Waals surface area contributed by atoms with Gasteiger partial charge in [-0.25, -0.2) is 0 Å². The third-order valence-electron chi connectivity index (χ3n) is 3.72. The smallest absolute Gasteiger partial charge is 0.229 e. The van der Waals surface area contributed by atoms with Crippen molar-refractivity contribution >= 4 is 33.4 Å². The second-order valence-electron chi connectivity index (χ2n) is 5.43. The van der Waals surface area contributed by atoms with Crippen molar-refractivity contribution in [3.8, 4) is 0 Å². The molecule has 1 fully saturated rings. The van der Waals surface area contributed by atoms with E-state index < -0.39 is 0 Å². The van der Waals surface area contributed by atoms with Crippen LogP contribution < -0.4 is 5.32 Å². The number of carbonyl (C=O) groups excluding carboxylic acids is 2. The number of likely N-dealkylation sites (tertiary alicyclic amines) is 1. The molecule has 1 aliphatic rings. The van der Waals surface area contributed by atoms with E-state index in [1.807, 2.05) is 36.1 Å². The summed E-state index contributed by atoms with van der Waals surface area (Å²) in [6, 6.07) is 7.52. The lowest BCUT2D eigenvalue weighted by atomic mass is 9.96. The number of nitrogens with zero attached hydrogens (tertiary/aromatic N) is 1. The first-order valence-corrected chi connectivity index (χ1v) is 8.23. The summed E-state index contributed by atoms with van der Waals surface area (Å²) >= 11 is 3.37. The van der Waals surface area contributed by atoms with Crippen LogP contribution in [0.3, 0.4) is 0 Å². The summed E-state index contributed by atoms with van der Waals surface area (Å²) in [5, 5.41) is 2.93. The number of halogens is 1. The van der Waals surface area contributed by atoms with Gasteiger partial charge in [0, 0.05) is 29.7 Å². The molecule has 0 bridgehead atoms. The van der Waals surface area contributed by atoms with E-state index in [4.69, 9.17) is 0 Å². The second-order valence-corrected chi connectivity index (χ2v) is 6.34. The quantitative estimate of drug-likeness (QED) is 0.902. The molecule has 2 rings (SSSR count). The van der Waals surface area contributed by atoms with Crippen LogP contribution in [0.25, 0.3) is 0 Å². The summed E-state index contributed by atoms with van der Waals surface area (Å²) in [7, 11) is 0. The highest BCUT2D eigenvalue weighted by molar-refractivity contribution is 9.10. The number of hydrogen-bond donors (Lipinski definition) is 1. The van der Waals surface area contributed by atoms with Crippen LogP contribution in [0.2, 0.25) is 0 Å². The van der Waals surface area contributed by atoms with Crippen LogP contribution in [0.5, 0.6) is 0 Å². The molecule has 0 aliphatic carbocycles. The molecule has 2 amide bonds. The number of hydrogen-bond acceptors (Lipinski definition) is 2. The molecule has 0 saturated carbocycles. The first-order chi connectivity index (χ1) is 10.1. The molecule has 21 heavy (non-hydrogen) atoms. The van der Waals surface area contributed by atoms with Gasteiger partial charge in [-0.3, -0.25) is 9.59 Å². The Bertz CT molecular complexity index is 502. The maximum atomic E-state index is 12.3. The Morgan fingerprint density at radius 2 is 2.05 bits per heavy atom. The minimum atomic E-state index is -0.108. The molecule has 1 N–H and O–H groups in total. The number of nitrogens with one attached hydrogen (secondary N) is 1. The van der Waals surface area contributed by atoms with E-state index >= 15 is 0 Å². The van der Waals surface area contributed by atoms with Crippen molar-refractivity contribution in [2.45, 2.75) is 32.6 Å². The fourth-order valence-corrected chi connectivity index (χ4v) is 2.83. The van der Waals surface area contributed by atoms with E-state index in [2.05, 4.69) is 21.2 Å². The Labute approximate surface area is 134 Å². The number of anilines is 1. The van der Waals surface area contributed by atoms with E-state index in [-0.39, 0.29) is 17.7 Å². The van der Waals surface area contributed by atoms with Gasteiger partial charge in [-0.1, -0.05) is 22.9 Å². The molecule has 0 unspecified atom stereocenters. The molecule has 1 aromatic rings. The monoisotopic (exact) mass is 352 g/mol. The van der Waals surface area contributed by atoms with Gasteiger partial charge in [-0.2, -0.15) is 0 Å². The van der Waals surface area contributed by atoms with Crippen LogP contribution in [-0.2, 0) is 9.59 Å². The number of benzene rings is 1. The van der Waals surface area contributed by atoms with Crippen LogP contribution in [0, 0.1) is 5.92 Å². The zero-order valence-electron chi connectivity index (χ0n) is 12.3. The second kappa shape index (κ2) is 7.59.